The summed E-state index contributed by atoms with van der Waals surface area (Å²) in [5, 5.41) is 5.26. The molecule has 2 amide bonds. The minimum Gasteiger partial charge on any atom is -0.469 e. The third-order valence-electron chi connectivity index (χ3n) is 2.71. The minimum absolute atomic E-state index is 0.199. The summed E-state index contributed by atoms with van der Waals surface area (Å²) in [5.74, 6) is 0.0934. The molecule has 5 heteroatoms. The van der Waals surface area contributed by atoms with Crippen molar-refractivity contribution < 1.29 is 14.0 Å². The van der Waals surface area contributed by atoms with Crippen LogP contribution in [0.25, 0.3) is 0 Å². The first-order valence-electron chi connectivity index (χ1n) is 5.79. The molecule has 0 atom stereocenters. The maximum atomic E-state index is 12.0. The van der Waals surface area contributed by atoms with Gasteiger partial charge in [-0.3, -0.25) is 9.59 Å². The Labute approximate surface area is 110 Å². The lowest BCUT2D eigenvalue weighted by atomic mass is 10.1. The van der Waals surface area contributed by atoms with Crippen LogP contribution in [0.3, 0.4) is 0 Å². The van der Waals surface area contributed by atoms with Crippen molar-refractivity contribution in [2.24, 2.45) is 0 Å². The highest BCUT2D eigenvalue weighted by Crippen LogP contribution is 2.14. The summed E-state index contributed by atoms with van der Waals surface area (Å²) >= 11 is 0. The van der Waals surface area contributed by atoms with E-state index in [0.717, 1.165) is 0 Å². The molecule has 0 radical (unpaired) electrons. The van der Waals surface area contributed by atoms with Gasteiger partial charge in [0.25, 0.3) is 11.8 Å². The minimum atomic E-state index is -0.264. The number of rotatable bonds is 3. The molecule has 0 aliphatic carbocycles. The molecule has 5 nitrogen and oxygen atoms in total. The standard InChI is InChI=1S/C14H14N2O3/c1-9-12(6-7-19-9)14(18)16-11-5-3-4-10(8-11)13(17)15-2/h3-8H,1-2H3,(H,15,17)(H,16,18). The molecule has 0 aliphatic rings. The van der Waals surface area contributed by atoms with E-state index < -0.39 is 0 Å². The zero-order chi connectivity index (χ0) is 13.8. The molecule has 98 valence electrons. The van der Waals surface area contributed by atoms with Crippen molar-refractivity contribution in [3.63, 3.8) is 0 Å². The summed E-state index contributed by atoms with van der Waals surface area (Å²) in [6, 6.07) is 8.33. The van der Waals surface area contributed by atoms with Gasteiger partial charge in [0, 0.05) is 18.3 Å². The van der Waals surface area contributed by atoms with Crippen molar-refractivity contribution >= 4 is 17.5 Å². The van der Waals surface area contributed by atoms with Gasteiger partial charge in [0.15, 0.2) is 0 Å². The molecule has 19 heavy (non-hydrogen) atoms. The van der Waals surface area contributed by atoms with Gasteiger partial charge >= 0.3 is 0 Å². The van der Waals surface area contributed by atoms with Crippen LogP contribution in [-0.4, -0.2) is 18.9 Å². The van der Waals surface area contributed by atoms with Crippen LogP contribution < -0.4 is 10.6 Å². The highest BCUT2D eigenvalue weighted by atomic mass is 16.3. The lowest BCUT2D eigenvalue weighted by Crippen LogP contribution is -2.18. The van der Waals surface area contributed by atoms with Gasteiger partial charge in [-0.25, -0.2) is 0 Å². The van der Waals surface area contributed by atoms with Crippen LogP contribution in [0.5, 0.6) is 0 Å². The fraction of sp³-hybridized carbons (Fsp3) is 0.143. The van der Waals surface area contributed by atoms with Crippen LogP contribution in [0.4, 0.5) is 5.69 Å². The molecule has 0 fully saturated rings. The van der Waals surface area contributed by atoms with E-state index in [9.17, 15) is 9.59 Å². The molecule has 2 N–H and O–H groups in total. The Morgan fingerprint density at radius 1 is 1.16 bits per heavy atom. The highest BCUT2D eigenvalue weighted by molar-refractivity contribution is 6.05. The largest absolute Gasteiger partial charge is 0.469 e. The number of benzene rings is 1. The molecule has 0 unspecified atom stereocenters. The number of furan rings is 1. The highest BCUT2D eigenvalue weighted by Gasteiger charge is 2.12. The Morgan fingerprint density at radius 3 is 2.58 bits per heavy atom. The summed E-state index contributed by atoms with van der Waals surface area (Å²) in [6.07, 6.45) is 1.46. The maximum absolute atomic E-state index is 12.0. The van der Waals surface area contributed by atoms with E-state index in [4.69, 9.17) is 4.42 Å². The Bertz CT molecular complexity index is 617. The predicted molar refractivity (Wildman–Crippen MR) is 71.2 cm³/mol. The second-order valence-electron chi connectivity index (χ2n) is 4.00. The molecular weight excluding hydrogens is 244 g/mol. The fourth-order valence-electron chi connectivity index (χ4n) is 1.70. The van der Waals surface area contributed by atoms with Crippen molar-refractivity contribution in [1.29, 1.82) is 0 Å². The van der Waals surface area contributed by atoms with Gasteiger partial charge in [0.05, 0.1) is 11.8 Å². The Hall–Kier alpha value is -2.56. The van der Waals surface area contributed by atoms with Crippen molar-refractivity contribution in [3.05, 3.63) is 53.5 Å². The number of amides is 2. The predicted octanol–water partition coefficient (Wildman–Crippen LogP) is 2.20. The van der Waals surface area contributed by atoms with Gasteiger partial charge in [-0.2, -0.15) is 0 Å². The van der Waals surface area contributed by atoms with Crippen LogP contribution in [0.2, 0.25) is 0 Å². The van der Waals surface area contributed by atoms with Gasteiger partial charge < -0.3 is 15.1 Å². The number of nitrogens with one attached hydrogen (secondary N) is 2. The van der Waals surface area contributed by atoms with E-state index in [0.29, 0.717) is 22.6 Å². The quantitative estimate of drug-likeness (QED) is 0.886. The van der Waals surface area contributed by atoms with Gasteiger partial charge in [-0.15, -0.1) is 0 Å². The summed E-state index contributed by atoms with van der Waals surface area (Å²) in [6.45, 7) is 1.72. The molecule has 0 spiro atoms. The maximum Gasteiger partial charge on any atom is 0.259 e. The summed E-state index contributed by atoms with van der Waals surface area (Å²) < 4.78 is 5.08. The molecular formula is C14H14N2O3. The number of carbonyl (C=O) groups is 2. The summed E-state index contributed by atoms with van der Waals surface area (Å²) in [7, 11) is 1.56. The van der Waals surface area contributed by atoms with Gasteiger partial charge in [-0.05, 0) is 31.2 Å². The molecule has 1 aromatic heterocycles. The normalized spacial score (nSPS) is 10.0. The van der Waals surface area contributed by atoms with Crippen molar-refractivity contribution in [1.82, 2.24) is 5.32 Å². The summed E-state index contributed by atoms with van der Waals surface area (Å²) in [4.78, 5) is 23.5. The van der Waals surface area contributed by atoms with Crippen molar-refractivity contribution in [2.45, 2.75) is 6.92 Å². The van der Waals surface area contributed by atoms with Gasteiger partial charge in [-0.1, -0.05) is 6.07 Å². The van der Waals surface area contributed by atoms with Crippen molar-refractivity contribution in [3.8, 4) is 0 Å². The second kappa shape index (κ2) is 5.39. The van der Waals surface area contributed by atoms with Crippen LogP contribution in [0.15, 0.2) is 41.0 Å². The number of carbonyl (C=O) groups excluding carboxylic acids is 2. The van der Waals surface area contributed by atoms with Crippen LogP contribution in [-0.2, 0) is 0 Å². The fourth-order valence-corrected chi connectivity index (χ4v) is 1.70. The lowest BCUT2D eigenvalue weighted by molar-refractivity contribution is 0.0961. The average molecular weight is 258 g/mol. The number of aryl methyl sites for hydroxylation is 1. The third kappa shape index (κ3) is 2.82. The zero-order valence-electron chi connectivity index (χ0n) is 10.7. The molecule has 2 rings (SSSR count). The first-order chi connectivity index (χ1) is 9.11. The van der Waals surface area contributed by atoms with Gasteiger partial charge in [0.1, 0.15) is 5.76 Å². The second-order valence-corrected chi connectivity index (χ2v) is 4.00. The molecule has 0 saturated carbocycles. The Morgan fingerprint density at radius 2 is 1.95 bits per heavy atom. The smallest absolute Gasteiger partial charge is 0.259 e. The molecule has 0 aliphatic heterocycles. The first-order valence-corrected chi connectivity index (χ1v) is 5.79. The number of hydrogen-bond donors (Lipinski definition) is 2. The van der Waals surface area contributed by atoms with E-state index in [1.54, 1.807) is 44.3 Å². The SMILES string of the molecule is CNC(=O)c1cccc(NC(=O)c2ccoc2C)c1. The number of hydrogen-bond acceptors (Lipinski definition) is 3. The molecule has 1 heterocycles. The third-order valence-corrected chi connectivity index (χ3v) is 2.71. The molecule has 0 bridgehead atoms. The topological polar surface area (TPSA) is 71.3 Å². The van der Waals surface area contributed by atoms with Crippen molar-refractivity contribution in [2.75, 3.05) is 12.4 Å². The van der Waals surface area contributed by atoms with E-state index >= 15 is 0 Å². The number of anilines is 1. The summed E-state index contributed by atoms with van der Waals surface area (Å²) in [5.41, 5.74) is 1.53. The van der Waals surface area contributed by atoms with Crippen LogP contribution in [0, 0.1) is 6.92 Å². The van der Waals surface area contributed by atoms with Gasteiger partial charge in [0.2, 0.25) is 0 Å². The zero-order valence-corrected chi connectivity index (χ0v) is 10.7. The molecule has 2 aromatic rings. The Balaban J connectivity index is 2.18. The van der Waals surface area contributed by atoms with Crippen LogP contribution >= 0.6 is 0 Å². The average Bonchev–Trinajstić information content (AvgIpc) is 2.84. The molecule has 1 aromatic carbocycles. The van der Waals surface area contributed by atoms with E-state index in [-0.39, 0.29) is 11.8 Å². The monoisotopic (exact) mass is 258 g/mol. The first kappa shape index (κ1) is 12.9. The lowest BCUT2D eigenvalue weighted by Gasteiger charge is -2.06. The molecule has 0 saturated heterocycles. The van der Waals surface area contributed by atoms with E-state index in [1.165, 1.54) is 6.26 Å². The van der Waals surface area contributed by atoms with Crippen LogP contribution in [0.1, 0.15) is 26.5 Å². The Kier molecular flexibility index (Phi) is 3.66. The van der Waals surface area contributed by atoms with E-state index in [2.05, 4.69) is 10.6 Å². The van der Waals surface area contributed by atoms with E-state index in [1.807, 2.05) is 0 Å².